The second-order valence-electron chi connectivity index (χ2n) is 3.48. The Bertz CT molecular complexity index is 513. The van der Waals surface area contributed by atoms with Crippen molar-refractivity contribution in [1.82, 2.24) is 4.98 Å². The second kappa shape index (κ2) is 6.41. The van der Waals surface area contributed by atoms with Crippen LogP contribution in [0.2, 0.25) is 4.34 Å². The van der Waals surface area contributed by atoms with E-state index in [1.54, 1.807) is 17.5 Å². The van der Waals surface area contributed by atoms with Gasteiger partial charge in [0.15, 0.2) is 0 Å². The Morgan fingerprint density at radius 3 is 3.06 bits per heavy atom. The summed E-state index contributed by atoms with van der Waals surface area (Å²) in [6.45, 7) is 3.23. The summed E-state index contributed by atoms with van der Waals surface area (Å²) < 4.78 is 7.15. The molecule has 0 aliphatic carbocycles. The maximum Gasteiger partial charge on any atom is 0.237 e. The Hall–Kier alpha value is -0.780. The third-order valence-corrected chi connectivity index (χ3v) is 4.68. The van der Waals surface area contributed by atoms with E-state index in [0.717, 1.165) is 19.4 Å². The minimum absolute atomic E-state index is 0.599. The quantitative estimate of drug-likeness (QED) is 0.860. The maximum atomic E-state index is 6.00. The molecule has 0 aliphatic rings. The highest BCUT2D eigenvalue weighted by atomic mass is 79.9. The van der Waals surface area contributed by atoms with E-state index >= 15 is 0 Å². The number of anilines is 1. The van der Waals surface area contributed by atoms with Crippen LogP contribution >= 0.6 is 38.9 Å². The van der Waals surface area contributed by atoms with Gasteiger partial charge in [0.1, 0.15) is 4.34 Å². The lowest BCUT2D eigenvalue weighted by molar-refractivity contribution is 0.328. The lowest BCUT2D eigenvalue weighted by Gasteiger charge is -2.09. The fourth-order valence-electron chi connectivity index (χ4n) is 1.44. The lowest BCUT2D eigenvalue weighted by atomic mass is 10.4. The molecular formula is C12H12BrClN2OS. The smallest absolute Gasteiger partial charge is 0.237 e. The van der Waals surface area contributed by atoms with Crippen LogP contribution in [0.3, 0.4) is 0 Å². The van der Waals surface area contributed by atoms with E-state index in [0.29, 0.717) is 19.0 Å². The Balaban J connectivity index is 2.05. The van der Waals surface area contributed by atoms with Gasteiger partial charge in [-0.1, -0.05) is 11.6 Å². The van der Waals surface area contributed by atoms with Gasteiger partial charge in [-0.25, -0.2) is 4.98 Å². The van der Waals surface area contributed by atoms with E-state index in [1.165, 1.54) is 0 Å². The van der Waals surface area contributed by atoms with Crippen LogP contribution in [-0.2, 0) is 6.54 Å². The van der Waals surface area contributed by atoms with Crippen LogP contribution in [0, 0.1) is 0 Å². The molecule has 0 fully saturated rings. The van der Waals surface area contributed by atoms with E-state index in [9.17, 15) is 0 Å². The maximum absolute atomic E-state index is 6.00. The third kappa shape index (κ3) is 3.37. The van der Waals surface area contributed by atoms with Crippen molar-refractivity contribution < 1.29 is 4.74 Å². The van der Waals surface area contributed by atoms with Crippen molar-refractivity contribution >= 4 is 44.6 Å². The molecule has 0 saturated heterocycles. The van der Waals surface area contributed by atoms with E-state index in [2.05, 4.69) is 26.2 Å². The summed E-state index contributed by atoms with van der Waals surface area (Å²) in [7, 11) is 0. The van der Waals surface area contributed by atoms with Crippen molar-refractivity contribution in [3.8, 4) is 5.88 Å². The van der Waals surface area contributed by atoms with E-state index in [4.69, 9.17) is 16.3 Å². The zero-order valence-electron chi connectivity index (χ0n) is 9.74. The van der Waals surface area contributed by atoms with Crippen molar-refractivity contribution in [1.29, 1.82) is 0 Å². The number of nitrogens with zero attached hydrogens (tertiary/aromatic N) is 1. The molecule has 0 radical (unpaired) electrons. The average Bonchev–Trinajstić information content (AvgIpc) is 2.68. The minimum atomic E-state index is 0.599. The SMILES string of the molecule is CCOc1ncccc1NCc1cc(Br)c(Cl)s1. The summed E-state index contributed by atoms with van der Waals surface area (Å²) in [5.41, 5.74) is 0.889. The van der Waals surface area contributed by atoms with Gasteiger partial charge in [-0.05, 0) is 41.1 Å². The number of thiophene rings is 1. The van der Waals surface area contributed by atoms with Gasteiger partial charge in [0.05, 0.1) is 12.3 Å². The topological polar surface area (TPSA) is 34.1 Å². The monoisotopic (exact) mass is 346 g/mol. The largest absolute Gasteiger partial charge is 0.476 e. The van der Waals surface area contributed by atoms with Gasteiger partial charge in [-0.3, -0.25) is 0 Å². The van der Waals surface area contributed by atoms with Crippen LogP contribution in [0.4, 0.5) is 5.69 Å². The minimum Gasteiger partial charge on any atom is -0.476 e. The van der Waals surface area contributed by atoms with E-state index in [-0.39, 0.29) is 0 Å². The van der Waals surface area contributed by atoms with Crippen molar-refractivity contribution in [3.05, 3.63) is 38.1 Å². The molecule has 6 heteroatoms. The van der Waals surface area contributed by atoms with Crippen LogP contribution in [0.5, 0.6) is 5.88 Å². The number of aromatic nitrogens is 1. The molecule has 0 bridgehead atoms. The molecule has 0 saturated carbocycles. The molecule has 18 heavy (non-hydrogen) atoms. The van der Waals surface area contributed by atoms with Crippen LogP contribution in [-0.4, -0.2) is 11.6 Å². The zero-order valence-corrected chi connectivity index (χ0v) is 12.9. The van der Waals surface area contributed by atoms with Crippen LogP contribution < -0.4 is 10.1 Å². The van der Waals surface area contributed by atoms with Gasteiger partial charge < -0.3 is 10.1 Å². The highest BCUT2D eigenvalue weighted by molar-refractivity contribution is 9.10. The molecular weight excluding hydrogens is 336 g/mol. The number of nitrogens with one attached hydrogen (secondary N) is 1. The van der Waals surface area contributed by atoms with Gasteiger partial charge in [0, 0.05) is 22.1 Å². The number of halogens is 2. The molecule has 0 aliphatic heterocycles. The molecule has 0 spiro atoms. The Morgan fingerprint density at radius 2 is 2.39 bits per heavy atom. The van der Waals surface area contributed by atoms with E-state index in [1.807, 2.05) is 25.1 Å². The van der Waals surface area contributed by atoms with Crippen molar-refractivity contribution in [3.63, 3.8) is 0 Å². The zero-order chi connectivity index (χ0) is 13.0. The Morgan fingerprint density at radius 1 is 1.56 bits per heavy atom. The first-order valence-corrected chi connectivity index (χ1v) is 7.45. The molecule has 0 amide bonds. The van der Waals surface area contributed by atoms with Crippen LogP contribution in [0.25, 0.3) is 0 Å². The summed E-state index contributed by atoms with van der Waals surface area (Å²) in [6.07, 6.45) is 1.72. The summed E-state index contributed by atoms with van der Waals surface area (Å²) >= 11 is 10.9. The fourth-order valence-corrected chi connectivity index (χ4v) is 3.17. The van der Waals surface area contributed by atoms with Gasteiger partial charge in [0.25, 0.3) is 0 Å². The molecule has 96 valence electrons. The molecule has 0 unspecified atom stereocenters. The van der Waals surface area contributed by atoms with E-state index < -0.39 is 0 Å². The third-order valence-electron chi connectivity index (χ3n) is 2.20. The Kier molecular flexibility index (Phi) is 4.86. The first-order chi connectivity index (χ1) is 8.70. The molecule has 2 heterocycles. The summed E-state index contributed by atoms with van der Waals surface area (Å²) in [5, 5.41) is 3.30. The number of rotatable bonds is 5. The van der Waals surface area contributed by atoms with Gasteiger partial charge in [-0.15, -0.1) is 11.3 Å². The van der Waals surface area contributed by atoms with Crippen LogP contribution in [0.1, 0.15) is 11.8 Å². The number of hydrogen-bond acceptors (Lipinski definition) is 4. The van der Waals surface area contributed by atoms with Gasteiger partial charge in [-0.2, -0.15) is 0 Å². The van der Waals surface area contributed by atoms with Gasteiger partial charge in [0.2, 0.25) is 5.88 Å². The predicted molar refractivity (Wildman–Crippen MR) is 79.8 cm³/mol. The van der Waals surface area contributed by atoms with Gasteiger partial charge >= 0.3 is 0 Å². The molecule has 2 rings (SSSR count). The normalized spacial score (nSPS) is 10.4. The number of hydrogen-bond donors (Lipinski definition) is 1. The fraction of sp³-hybridized carbons (Fsp3) is 0.250. The average molecular weight is 348 g/mol. The lowest BCUT2D eigenvalue weighted by Crippen LogP contribution is -2.02. The van der Waals surface area contributed by atoms with Crippen molar-refractivity contribution in [2.24, 2.45) is 0 Å². The predicted octanol–water partition coefficient (Wildman–Crippen LogP) is 4.57. The summed E-state index contributed by atoms with van der Waals surface area (Å²) in [4.78, 5) is 5.34. The molecule has 0 aromatic carbocycles. The summed E-state index contributed by atoms with van der Waals surface area (Å²) in [5.74, 6) is 0.627. The number of ether oxygens (including phenoxy) is 1. The molecule has 0 atom stereocenters. The molecule has 1 N–H and O–H groups in total. The van der Waals surface area contributed by atoms with Crippen molar-refractivity contribution in [2.45, 2.75) is 13.5 Å². The van der Waals surface area contributed by atoms with Crippen molar-refractivity contribution in [2.75, 3.05) is 11.9 Å². The first kappa shape index (κ1) is 13.6. The Labute approximate surface area is 123 Å². The molecule has 3 nitrogen and oxygen atoms in total. The number of pyridine rings is 1. The summed E-state index contributed by atoms with van der Waals surface area (Å²) in [6, 6.07) is 5.83. The standard InChI is InChI=1S/C12H12BrClN2OS/c1-2-17-12-10(4-3-5-15-12)16-7-8-6-9(13)11(14)18-8/h3-6,16H,2,7H2,1H3. The molecule has 2 aromatic heterocycles. The molecule has 2 aromatic rings. The second-order valence-corrected chi connectivity index (χ2v) is 6.07. The first-order valence-electron chi connectivity index (χ1n) is 5.46. The van der Waals surface area contributed by atoms with Crippen LogP contribution in [0.15, 0.2) is 28.9 Å². The highest BCUT2D eigenvalue weighted by Gasteiger charge is 2.07. The highest BCUT2D eigenvalue weighted by Crippen LogP contribution is 2.32.